The van der Waals surface area contributed by atoms with Gasteiger partial charge in [-0.1, -0.05) is 0 Å². The largest absolute Gasteiger partial charge is 0.495 e. The van der Waals surface area contributed by atoms with Crippen LogP contribution in [0.3, 0.4) is 0 Å². The van der Waals surface area contributed by atoms with Crippen LogP contribution in [0.2, 0.25) is 0 Å². The van der Waals surface area contributed by atoms with Crippen LogP contribution in [0.5, 0.6) is 5.75 Å². The van der Waals surface area contributed by atoms with E-state index in [1.54, 1.807) is 30.5 Å². The molecule has 0 atom stereocenters. The number of nitrogen functional groups attached to an aromatic ring is 1. The molecule has 3 rings (SSSR count). The highest BCUT2D eigenvalue weighted by molar-refractivity contribution is 7.10. The number of aromatic nitrogens is 1. The van der Waals surface area contributed by atoms with Gasteiger partial charge in [0.15, 0.2) is 0 Å². The van der Waals surface area contributed by atoms with E-state index < -0.39 is 0 Å². The Morgan fingerprint density at radius 3 is 2.92 bits per heavy atom. The normalized spacial score (nSPS) is 13.9. The van der Waals surface area contributed by atoms with Crippen molar-refractivity contribution in [3.63, 3.8) is 0 Å². The summed E-state index contributed by atoms with van der Waals surface area (Å²) in [5, 5.41) is 11.8. The first kappa shape index (κ1) is 16.2. The Morgan fingerprint density at radius 1 is 1.50 bits per heavy atom. The van der Waals surface area contributed by atoms with Gasteiger partial charge in [0.1, 0.15) is 16.3 Å². The van der Waals surface area contributed by atoms with Crippen LogP contribution in [-0.2, 0) is 0 Å². The third kappa shape index (κ3) is 3.46. The van der Waals surface area contributed by atoms with Crippen molar-refractivity contribution in [2.45, 2.75) is 18.9 Å². The molecule has 5 N–H and O–H groups in total. The fraction of sp³-hybridized carbons (Fsp3) is 0.235. The lowest BCUT2D eigenvalue weighted by molar-refractivity contribution is -0.110. The summed E-state index contributed by atoms with van der Waals surface area (Å²) in [5.41, 5.74) is 7.89. The average Bonchev–Trinajstić information content (AvgIpc) is 3.23. The number of methoxy groups -OCH3 is 1. The van der Waals surface area contributed by atoms with Crippen LogP contribution in [-0.4, -0.2) is 29.8 Å². The fourth-order valence-electron chi connectivity index (χ4n) is 2.34. The quantitative estimate of drug-likeness (QED) is 0.535. The molecule has 0 bridgehead atoms. The molecule has 24 heavy (non-hydrogen) atoms. The van der Waals surface area contributed by atoms with Gasteiger partial charge in [0, 0.05) is 29.4 Å². The minimum absolute atomic E-state index is 0.174. The molecule has 0 spiro atoms. The molecule has 0 radical (unpaired) electrons. The number of nitrogens with one attached hydrogen (secondary N) is 1. The van der Waals surface area contributed by atoms with E-state index >= 15 is 0 Å². The Bertz CT molecular complexity index is 795. The maximum absolute atomic E-state index is 12.4. The molecule has 1 saturated carbocycles. The van der Waals surface area contributed by atoms with Crippen LogP contribution < -0.4 is 21.2 Å². The smallest absolute Gasteiger partial charge is 0.255 e. The van der Waals surface area contributed by atoms with Gasteiger partial charge in [0.05, 0.1) is 12.7 Å². The molecule has 0 saturated heterocycles. The Morgan fingerprint density at radius 2 is 2.29 bits per heavy atom. The first-order valence-electron chi connectivity index (χ1n) is 7.58. The van der Waals surface area contributed by atoms with Gasteiger partial charge in [-0.05, 0) is 31.1 Å². The van der Waals surface area contributed by atoms with Gasteiger partial charge < -0.3 is 15.8 Å². The predicted octanol–water partition coefficient (Wildman–Crippen LogP) is 0.888. The topological polar surface area (TPSA) is 103 Å². The summed E-state index contributed by atoms with van der Waals surface area (Å²) < 4.78 is 5.45. The summed E-state index contributed by atoms with van der Waals surface area (Å²) in [5.74, 6) is 0.210. The van der Waals surface area contributed by atoms with Crippen molar-refractivity contribution in [1.29, 1.82) is 0 Å². The van der Waals surface area contributed by atoms with E-state index in [1.807, 2.05) is 5.38 Å². The molecule has 0 aliphatic heterocycles. The van der Waals surface area contributed by atoms with Crippen molar-refractivity contribution in [3.05, 3.63) is 45.9 Å². The zero-order chi connectivity index (χ0) is 17.1. The van der Waals surface area contributed by atoms with Gasteiger partial charge >= 0.3 is 0 Å². The Kier molecular flexibility index (Phi) is 4.61. The van der Waals surface area contributed by atoms with Crippen LogP contribution >= 0.6 is 11.3 Å². The van der Waals surface area contributed by atoms with Gasteiger partial charge in [-0.25, -0.2) is 4.98 Å². The van der Waals surface area contributed by atoms with Gasteiger partial charge in [-0.2, -0.15) is 0 Å². The fourth-order valence-corrected chi connectivity index (χ4v) is 2.87. The monoisotopic (exact) mass is 343 g/mol. The number of benzene rings is 1. The van der Waals surface area contributed by atoms with E-state index in [2.05, 4.69) is 10.3 Å². The zero-order valence-electron chi connectivity index (χ0n) is 13.3. The molecule has 6 nitrogen and oxygen atoms in total. The molecule has 1 aromatic carbocycles. The van der Waals surface area contributed by atoms with Crippen LogP contribution in [0.4, 0.5) is 5.69 Å². The Labute approximate surface area is 143 Å². The van der Waals surface area contributed by atoms with Crippen LogP contribution in [0.15, 0.2) is 29.8 Å². The maximum Gasteiger partial charge on any atom is 0.255 e. The number of thiazole rings is 1. The third-order valence-electron chi connectivity index (χ3n) is 3.70. The highest BCUT2D eigenvalue weighted by Gasteiger charge is 2.27. The number of ether oxygens (including phenoxy) is 1. The second-order valence-electron chi connectivity index (χ2n) is 5.52. The van der Waals surface area contributed by atoms with E-state index in [0.29, 0.717) is 28.3 Å². The predicted molar refractivity (Wildman–Crippen MR) is 95.1 cm³/mol. The van der Waals surface area contributed by atoms with Gasteiger partial charge in [0.25, 0.3) is 5.91 Å². The molecule has 1 aliphatic carbocycles. The van der Waals surface area contributed by atoms with Crippen LogP contribution in [0.1, 0.15) is 33.8 Å². The number of nitrogens with two attached hydrogens (primary N) is 2. The number of hydrogen-bond acceptors (Lipinski definition) is 5. The van der Waals surface area contributed by atoms with Crippen molar-refractivity contribution in [2.75, 3.05) is 12.8 Å². The zero-order valence-corrected chi connectivity index (χ0v) is 14.1. The first-order valence-corrected chi connectivity index (χ1v) is 8.46. The molecular weight excluding hydrogens is 324 g/mol. The van der Waals surface area contributed by atoms with Crippen molar-refractivity contribution in [3.8, 4) is 5.75 Å². The lowest BCUT2D eigenvalue weighted by atomic mass is 10.0. The van der Waals surface area contributed by atoms with E-state index in [1.165, 1.54) is 18.4 Å². The molecular formula is C17H19N4O2S+. The second-order valence-corrected chi connectivity index (χ2v) is 6.44. The molecule has 1 heterocycles. The van der Waals surface area contributed by atoms with E-state index in [9.17, 15) is 4.79 Å². The Hall–Kier alpha value is -2.67. The Balaban J connectivity index is 1.93. The van der Waals surface area contributed by atoms with Crippen LogP contribution in [0, 0.1) is 0 Å². The molecule has 1 aliphatic rings. The number of nitrogens with zero attached hydrogens (tertiary/aromatic N) is 1. The standard InChI is InChI=1S/C17H18N4O2S/c1-23-16-11(17(22)21-10-2-3-10)4-5-12(18)15(16)13(19)6-7-14-20-8-9-24-14/h4-10,19H,2-3,18H2,1H3,(H,21,22)/p+1/b7-6+,19-13?. The number of amides is 1. The van der Waals surface area contributed by atoms with Gasteiger partial charge in [0.2, 0.25) is 5.71 Å². The number of carbonyl (C=O) groups excluding carboxylic acids is 1. The number of hydrogen-bond donors (Lipinski definition) is 3. The molecule has 1 fully saturated rings. The number of rotatable bonds is 6. The average molecular weight is 343 g/mol. The van der Waals surface area contributed by atoms with E-state index in [-0.39, 0.29) is 11.9 Å². The summed E-state index contributed by atoms with van der Waals surface area (Å²) in [6.07, 6.45) is 7.27. The van der Waals surface area contributed by atoms with Crippen LogP contribution in [0.25, 0.3) is 6.08 Å². The lowest BCUT2D eigenvalue weighted by Crippen LogP contribution is -2.40. The highest BCUT2D eigenvalue weighted by atomic mass is 32.1. The summed E-state index contributed by atoms with van der Waals surface area (Å²) in [6.45, 7) is 0. The van der Waals surface area contributed by atoms with Crippen molar-refractivity contribution < 1.29 is 14.9 Å². The lowest BCUT2D eigenvalue weighted by Gasteiger charge is -2.13. The molecule has 1 amide bonds. The molecule has 7 heteroatoms. The van der Waals surface area contributed by atoms with E-state index in [0.717, 1.165) is 17.8 Å². The first-order chi connectivity index (χ1) is 11.6. The molecule has 0 unspecified atom stereocenters. The summed E-state index contributed by atoms with van der Waals surface area (Å²) in [4.78, 5) is 16.6. The summed E-state index contributed by atoms with van der Waals surface area (Å²) in [6, 6.07) is 3.59. The van der Waals surface area contributed by atoms with Crippen molar-refractivity contribution >= 4 is 34.7 Å². The summed E-state index contributed by atoms with van der Waals surface area (Å²) >= 11 is 1.50. The van der Waals surface area contributed by atoms with Gasteiger partial charge in [-0.3, -0.25) is 10.2 Å². The highest BCUT2D eigenvalue weighted by Crippen LogP contribution is 2.30. The third-order valence-corrected chi connectivity index (χ3v) is 4.44. The minimum Gasteiger partial charge on any atom is -0.495 e. The van der Waals surface area contributed by atoms with E-state index in [4.69, 9.17) is 15.9 Å². The van der Waals surface area contributed by atoms with Crippen molar-refractivity contribution in [1.82, 2.24) is 10.3 Å². The number of allylic oxidation sites excluding steroid dienone is 1. The molecule has 1 aromatic heterocycles. The minimum atomic E-state index is -0.174. The number of anilines is 1. The molecule has 124 valence electrons. The number of carbonyl (C=O) groups is 1. The second kappa shape index (κ2) is 6.84. The molecule has 2 aromatic rings. The van der Waals surface area contributed by atoms with Gasteiger partial charge in [-0.15, -0.1) is 11.3 Å². The SMILES string of the molecule is COc1c(C(=O)NC2CC2)ccc(N)c1C(=[NH2+])/C=C/c1nccs1. The maximum atomic E-state index is 12.4. The summed E-state index contributed by atoms with van der Waals surface area (Å²) in [7, 11) is 1.50. The van der Waals surface area contributed by atoms with Crippen molar-refractivity contribution in [2.24, 2.45) is 0 Å².